The van der Waals surface area contributed by atoms with Gasteiger partial charge in [0, 0.05) is 37.1 Å². The lowest BCUT2D eigenvalue weighted by molar-refractivity contribution is -0.146. The fraction of sp³-hybridized carbons (Fsp3) is 0.538. The molecule has 0 spiro atoms. The maximum atomic E-state index is 13.7. The molecule has 0 aliphatic carbocycles. The van der Waals surface area contributed by atoms with Gasteiger partial charge in [0.1, 0.15) is 0 Å². The van der Waals surface area contributed by atoms with Crippen LogP contribution in [0.3, 0.4) is 0 Å². The molecule has 2 aromatic rings. The molecule has 0 fully saturated rings. The third-order valence-corrected chi connectivity index (χ3v) is 7.79. The highest BCUT2D eigenvalue weighted by Gasteiger charge is 2.36. The van der Waals surface area contributed by atoms with Gasteiger partial charge in [-0.2, -0.15) is 0 Å². The van der Waals surface area contributed by atoms with Crippen molar-refractivity contribution in [2.45, 2.75) is 46.6 Å². The first-order valence-corrected chi connectivity index (χ1v) is 13.0. The normalized spacial score (nSPS) is 15.9. The first kappa shape index (κ1) is 25.7. The van der Waals surface area contributed by atoms with Gasteiger partial charge in [-0.1, -0.05) is 29.8 Å². The molecule has 1 atom stereocenters. The van der Waals surface area contributed by atoms with E-state index in [-0.39, 0.29) is 30.3 Å². The van der Waals surface area contributed by atoms with Crippen molar-refractivity contribution in [1.29, 1.82) is 0 Å². The van der Waals surface area contributed by atoms with Gasteiger partial charge < -0.3 is 14.5 Å². The number of alkyl halides is 1. The summed E-state index contributed by atoms with van der Waals surface area (Å²) < 4.78 is 5.45. The Morgan fingerprint density at radius 2 is 1.97 bits per heavy atom. The monoisotopic (exact) mass is 490 g/mol. The van der Waals surface area contributed by atoms with E-state index in [0.717, 1.165) is 12.0 Å². The van der Waals surface area contributed by atoms with Crippen LogP contribution in [0.5, 0.6) is 0 Å². The minimum atomic E-state index is -0.730. The van der Waals surface area contributed by atoms with Gasteiger partial charge in [0.2, 0.25) is 11.8 Å². The number of hydrogen-bond acceptors (Lipinski definition) is 4. The Labute approximate surface area is 206 Å². The molecule has 0 bridgehead atoms. The summed E-state index contributed by atoms with van der Waals surface area (Å²) >= 11 is 7.84. The van der Waals surface area contributed by atoms with Crippen LogP contribution in [-0.2, 0) is 20.7 Å². The lowest BCUT2D eigenvalue weighted by Crippen LogP contribution is -2.50. The number of carbonyl (C=O) groups is 2. The maximum Gasteiger partial charge on any atom is 0.242 e. The van der Waals surface area contributed by atoms with Crippen LogP contribution < -0.4 is 0 Å². The van der Waals surface area contributed by atoms with Crippen molar-refractivity contribution in [3.05, 3.63) is 57.3 Å². The molecule has 1 unspecified atom stereocenters. The Kier molecular flexibility index (Phi) is 8.96. The summed E-state index contributed by atoms with van der Waals surface area (Å²) in [6.45, 7) is 10.0. The second kappa shape index (κ2) is 11.5. The van der Waals surface area contributed by atoms with Crippen LogP contribution in [0.1, 0.15) is 54.8 Å². The zero-order valence-corrected chi connectivity index (χ0v) is 21.7. The number of amides is 2. The molecule has 3 rings (SSSR count). The third kappa shape index (κ3) is 6.17. The topological polar surface area (TPSA) is 49.9 Å². The highest BCUT2D eigenvalue weighted by atomic mass is 35.5. The van der Waals surface area contributed by atoms with Crippen LogP contribution >= 0.6 is 22.9 Å². The van der Waals surface area contributed by atoms with Crippen LogP contribution in [-0.4, -0.2) is 60.3 Å². The fourth-order valence-electron chi connectivity index (χ4n) is 4.19. The van der Waals surface area contributed by atoms with Crippen LogP contribution in [0.15, 0.2) is 35.7 Å². The van der Waals surface area contributed by atoms with Gasteiger partial charge in [0.05, 0.1) is 18.0 Å². The summed E-state index contributed by atoms with van der Waals surface area (Å²) in [5, 5.41) is 2.10. The van der Waals surface area contributed by atoms with Crippen molar-refractivity contribution in [1.82, 2.24) is 9.80 Å². The standard InChI is InChI=1S/C26H35ClN2O3S/c1-5-32-15-6-13-28(25(31)26(3,4)18-27)17-23(30)29-14-11-22-21(12-16-33-22)24(29)20-9-7-19(2)8-10-20/h7-10,12,16,24H,5-6,11,13-15,17-18H2,1-4H3. The lowest BCUT2D eigenvalue weighted by atomic mass is 9.92. The summed E-state index contributed by atoms with van der Waals surface area (Å²) in [4.78, 5) is 31.9. The number of benzene rings is 1. The number of halogens is 1. The van der Waals surface area contributed by atoms with E-state index >= 15 is 0 Å². The summed E-state index contributed by atoms with van der Waals surface area (Å²) in [7, 11) is 0. The molecule has 0 radical (unpaired) electrons. The predicted molar refractivity (Wildman–Crippen MR) is 135 cm³/mol. The van der Waals surface area contributed by atoms with Gasteiger partial charge >= 0.3 is 0 Å². The van der Waals surface area contributed by atoms with E-state index in [9.17, 15) is 9.59 Å². The van der Waals surface area contributed by atoms with Crippen LogP contribution in [0.25, 0.3) is 0 Å². The Morgan fingerprint density at radius 3 is 2.64 bits per heavy atom. The van der Waals surface area contributed by atoms with Crippen LogP contribution in [0.4, 0.5) is 0 Å². The van der Waals surface area contributed by atoms with Crippen molar-refractivity contribution < 1.29 is 14.3 Å². The predicted octanol–water partition coefficient (Wildman–Crippen LogP) is 5.05. The molecule has 5 nitrogen and oxygen atoms in total. The van der Waals surface area contributed by atoms with Gasteiger partial charge in [-0.05, 0) is 63.1 Å². The number of carbonyl (C=O) groups excluding carboxylic acids is 2. The molecule has 2 amide bonds. The summed E-state index contributed by atoms with van der Waals surface area (Å²) in [5.74, 6) is 0.0747. The minimum Gasteiger partial charge on any atom is -0.382 e. The largest absolute Gasteiger partial charge is 0.382 e. The highest BCUT2D eigenvalue weighted by molar-refractivity contribution is 7.10. The van der Waals surface area contributed by atoms with E-state index in [1.165, 1.54) is 16.0 Å². The molecule has 0 saturated carbocycles. The van der Waals surface area contributed by atoms with E-state index in [0.29, 0.717) is 32.7 Å². The molecule has 0 saturated heterocycles. The second-order valence-corrected chi connectivity index (χ2v) is 10.5. The molecular formula is C26H35ClN2O3S. The molecule has 180 valence electrons. The van der Waals surface area contributed by atoms with Gasteiger partial charge in [-0.15, -0.1) is 22.9 Å². The SMILES string of the molecule is CCOCCCN(CC(=O)N1CCc2sccc2C1c1ccc(C)cc1)C(=O)C(C)(C)CCl. The molecule has 2 heterocycles. The van der Waals surface area contributed by atoms with E-state index < -0.39 is 5.41 Å². The van der Waals surface area contributed by atoms with Crippen molar-refractivity contribution in [3.8, 4) is 0 Å². The minimum absolute atomic E-state index is 0.0347. The Balaban J connectivity index is 1.84. The van der Waals surface area contributed by atoms with Crippen LogP contribution in [0.2, 0.25) is 0 Å². The average Bonchev–Trinajstić information content (AvgIpc) is 3.29. The zero-order chi connectivity index (χ0) is 24.0. The van der Waals surface area contributed by atoms with Crippen molar-refractivity contribution in [2.75, 3.05) is 38.7 Å². The van der Waals surface area contributed by atoms with Crippen molar-refractivity contribution in [3.63, 3.8) is 0 Å². The molecule has 0 N–H and O–H groups in total. The number of hydrogen-bond donors (Lipinski definition) is 0. The fourth-order valence-corrected chi connectivity index (χ4v) is 5.20. The highest BCUT2D eigenvalue weighted by Crippen LogP contribution is 2.38. The summed E-state index contributed by atoms with van der Waals surface area (Å²) in [6.07, 6.45) is 1.52. The molecule has 1 aliphatic heterocycles. The lowest BCUT2D eigenvalue weighted by Gasteiger charge is -2.38. The van der Waals surface area contributed by atoms with Gasteiger partial charge in [0.15, 0.2) is 0 Å². The molecule has 1 aromatic heterocycles. The first-order chi connectivity index (χ1) is 15.8. The molecule has 1 aliphatic rings. The molecular weight excluding hydrogens is 456 g/mol. The molecule has 1 aromatic carbocycles. The smallest absolute Gasteiger partial charge is 0.242 e. The summed E-state index contributed by atoms with van der Waals surface area (Å²) in [6, 6.07) is 10.4. The maximum absolute atomic E-state index is 13.7. The molecule has 33 heavy (non-hydrogen) atoms. The number of thiophene rings is 1. The second-order valence-electron chi connectivity index (χ2n) is 9.24. The number of ether oxygens (including phenoxy) is 1. The van der Waals surface area contributed by atoms with E-state index in [4.69, 9.17) is 16.3 Å². The number of aryl methyl sites for hydroxylation is 1. The third-order valence-electron chi connectivity index (χ3n) is 6.13. The van der Waals surface area contributed by atoms with E-state index in [1.807, 2.05) is 25.7 Å². The zero-order valence-electron chi connectivity index (χ0n) is 20.1. The van der Waals surface area contributed by atoms with E-state index in [2.05, 4.69) is 42.6 Å². The number of rotatable bonds is 10. The quantitative estimate of drug-likeness (QED) is 0.346. The van der Waals surface area contributed by atoms with Gasteiger partial charge in [-0.25, -0.2) is 0 Å². The Bertz CT molecular complexity index is 941. The Morgan fingerprint density at radius 1 is 1.24 bits per heavy atom. The van der Waals surface area contributed by atoms with E-state index in [1.54, 1.807) is 16.2 Å². The number of nitrogens with zero attached hydrogens (tertiary/aromatic N) is 2. The summed E-state index contributed by atoms with van der Waals surface area (Å²) in [5.41, 5.74) is 2.75. The Hall–Kier alpha value is -1.89. The van der Waals surface area contributed by atoms with Gasteiger partial charge in [-0.3, -0.25) is 9.59 Å². The first-order valence-electron chi connectivity index (χ1n) is 11.6. The average molecular weight is 491 g/mol. The van der Waals surface area contributed by atoms with Crippen molar-refractivity contribution >= 4 is 34.8 Å². The van der Waals surface area contributed by atoms with Crippen LogP contribution in [0, 0.1) is 12.3 Å². The van der Waals surface area contributed by atoms with Gasteiger partial charge in [0.25, 0.3) is 0 Å². The van der Waals surface area contributed by atoms with Crippen molar-refractivity contribution in [2.24, 2.45) is 5.41 Å². The number of fused-ring (bicyclic) bond motifs is 1. The molecule has 7 heteroatoms.